The minimum Gasteiger partial charge on any atom is -0.314 e. The zero-order chi connectivity index (χ0) is 13.2. The van der Waals surface area contributed by atoms with Crippen molar-refractivity contribution in [1.82, 2.24) is 0 Å². The maximum absolute atomic E-state index is 12.1. The zero-order valence-corrected chi connectivity index (χ0v) is 11.8. The second kappa shape index (κ2) is 5.17. The van der Waals surface area contributed by atoms with Gasteiger partial charge in [0.15, 0.2) is 0 Å². The molecule has 98 valence electrons. The Morgan fingerprint density at radius 1 is 1.32 bits per heavy atom. The van der Waals surface area contributed by atoms with Crippen molar-refractivity contribution in [3.8, 4) is 0 Å². The normalized spacial score (nSPS) is 17.8. The Bertz CT molecular complexity index is 588. The number of carbonyl (C=O) groups excluding carboxylic acids is 1. The monoisotopic (exact) mass is 271 g/mol. The van der Waals surface area contributed by atoms with Gasteiger partial charge < -0.3 is 5.32 Å². The lowest BCUT2D eigenvalue weighted by molar-refractivity contribution is 0.102. The van der Waals surface area contributed by atoms with E-state index in [1.807, 2.05) is 30.3 Å². The molecule has 3 rings (SSSR count). The van der Waals surface area contributed by atoms with E-state index >= 15 is 0 Å². The molecule has 19 heavy (non-hydrogen) atoms. The van der Waals surface area contributed by atoms with Crippen molar-refractivity contribution in [3.05, 3.63) is 52.4 Å². The minimum atomic E-state index is -0.0211. The number of hydrogen-bond acceptors (Lipinski definition) is 2. The van der Waals surface area contributed by atoms with Crippen LogP contribution in [0.25, 0.3) is 0 Å². The Balaban J connectivity index is 1.76. The van der Waals surface area contributed by atoms with Crippen LogP contribution in [0.1, 0.15) is 34.1 Å². The first-order valence-corrected chi connectivity index (χ1v) is 7.52. The van der Waals surface area contributed by atoms with E-state index in [-0.39, 0.29) is 5.91 Å². The fraction of sp³-hybridized carbons (Fsp3) is 0.312. The van der Waals surface area contributed by atoms with Crippen LogP contribution in [0.3, 0.4) is 0 Å². The number of benzene rings is 1. The lowest BCUT2D eigenvalue weighted by Crippen LogP contribution is -2.10. The maximum atomic E-state index is 12.1. The molecule has 1 aliphatic rings. The van der Waals surface area contributed by atoms with Gasteiger partial charge in [-0.25, -0.2) is 0 Å². The molecular formula is C16H17NOS. The van der Waals surface area contributed by atoms with Crippen LogP contribution in [-0.2, 0) is 12.8 Å². The maximum Gasteiger partial charge on any atom is 0.256 e. The number of amides is 1. The van der Waals surface area contributed by atoms with Gasteiger partial charge in [-0.2, -0.15) is 0 Å². The van der Waals surface area contributed by atoms with Crippen LogP contribution in [0, 0.1) is 5.92 Å². The van der Waals surface area contributed by atoms with Crippen molar-refractivity contribution in [2.45, 2.75) is 26.2 Å². The molecule has 0 spiro atoms. The number of aryl methyl sites for hydroxylation is 1. The van der Waals surface area contributed by atoms with Crippen molar-refractivity contribution in [1.29, 1.82) is 0 Å². The lowest BCUT2D eigenvalue weighted by atomic mass is 9.91. The molecule has 1 atom stereocenters. The standard InChI is InChI=1S/C16H17NOS/c1-11-7-8-13-10-15(19-14(13)9-11)17-16(18)12-5-3-2-4-6-12/h2-6,10-11H,7-9H2,1H3,(H,17,18)/t11-/m0/s1. The van der Waals surface area contributed by atoms with Gasteiger partial charge in [-0.3, -0.25) is 4.79 Å². The highest BCUT2D eigenvalue weighted by Crippen LogP contribution is 2.35. The van der Waals surface area contributed by atoms with Gasteiger partial charge in [0, 0.05) is 10.4 Å². The van der Waals surface area contributed by atoms with Crippen LogP contribution in [0.4, 0.5) is 5.00 Å². The second-order valence-corrected chi connectivity index (χ2v) is 6.36. The molecule has 0 saturated carbocycles. The summed E-state index contributed by atoms with van der Waals surface area (Å²) in [6, 6.07) is 11.5. The summed E-state index contributed by atoms with van der Waals surface area (Å²) in [6.07, 6.45) is 3.56. The fourth-order valence-corrected chi connectivity index (χ4v) is 3.78. The van der Waals surface area contributed by atoms with Gasteiger partial charge in [0.1, 0.15) is 0 Å². The van der Waals surface area contributed by atoms with E-state index in [1.165, 1.54) is 16.9 Å². The Kier molecular flexibility index (Phi) is 3.38. The van der Waals surface area contributed by atoms with E-state index in [0.717, 1.165) is 23.8 Å². The number of thiophene rings is 1. The first-order chi connectivity index (χ1) is 9.22. The molecule has 2 nitrogen and oxygen atoms in total. The van der Waals surface area contributed by atoms with Crippen LogP contribution in [0.15, 0.2) is 36.4 Å². The van der Waals surface area contributed by atoms with E-state index in [0.29, 0.717) is 5.56 Å². The van der Waals surface area contributed by atoms with E-state index < -0.39 is 0 Å². The van der Waals surface area contributed by atoms with Gasteiger partial charge in [-0.05, 0) is 48.9 Å². The fourth-order valence-electron chi connectivity index (χ4n) is 2.51. The summed E-state index contributed by atoms with van der Waals surface area (Å²) in [5.41, 5.74) is 2.13. The molecule has 0 radical (unpaired) electrons. The predicted molar refractivity (Wildman–Crippen MR) is 79.9 cm³/mol. The number of fused-ring (bicyclic) bond motifs is 1. The predicted octanol–water partition coefficient (Wildman–Crippen LogP) is 4.13. The number of hydrogen-bond donors (Lipinski definition) is 1. The van der Waals surface area contributed by atoms with Crippen LogP contribution in [0.2, 0.25) is 0 Å². The average Bonchev–Trinajstić information content (AvgIpc) is 2.81. The lowest BCUT2D eigenvalue weighted by Gasteiger charge is -2.16. The average molecular weight is 271 g/mol. The molecule has 0 unspecified atom stereocenters. The van der Waals surface area contributed by atoms with Gasteiger partial charge >= 0.3 is 0 Å². The highest BCUT2D eigenvalue weighted by atomic mass is 32.1. The molecule has 1 heterocycles. The number of anilines is 1. The molecular weight excluding hydrogens is 254 g/mol. The molecule has 1 aromatic heterocycles. The summed E-state index contributed by atoms with van der Waals surface area (Å²) in [4.78, 5) is 13.5. The molecule has 0 aliphatic heterocycles. The topological polar surface area (TPSA) is 29.1 Å². The first kappa shape index (κ1) is 12.4. The molecule has 0 saturated heterocycles. The molecule has 1 N–H and O–H groups in total. The van der Waals surface area contributed by atoms with E-state index in [2.05, 4.69) is 18.3 Å². The third-order valence-electron chi connectivity index (χ3n) is 3.61. The molecule has 2 aromatic rings. The first-order valence-electron chi connectivity index (χ1n) is 6.70. The van der Waals surface area contributed by atoms with Crippen molar-refractivity contribution in [2.75, 3.05) is 5.32 Å². The Morgan fingerprint density at radius 2 is 2.11 bits per heavy atom. The summed E-state index contributed by atoms with van der Waals surface area (Å²) in [7, 11) is 0. The van der Waals surface area contributed by atoms with Gasteiger partial charge in [-0.1, -0.05) is 25.1 Å². The summed E-state index contributed by atoms with van der Waals surface area (Å²) in [5, 5.41) is 3.99. The summed E-state index contributed by atoms with van der Waals surface area (Å²) in [6.45, 7) is 2.30. The van der Waals surface area contributed by atoms with Crippen molar-refractivity contribution in [3.63, 3.8) is 0 Å². The van der Waals surface area contributed by atoms with Crippen LogP contribution in [-0.4, -0.2) is 5.91 Å². The van der Waals surface area contributed by atoms with Gasteiger partial charge in [-0.15, -0.1) is 11.3 Å². The van der Waals surface area contributed by atoms with E-state index in [9.17, 15) is 4.79 Å². The second-order valence-electron chi connectivity index (χ2n) is 5.23. The smallest absolute Gasteiger partial charge is 0.256 e. The summed E-state index contributed by atoms with van der Waals surface area (Å²) in [5.74, 6) is 0.746. The SMILES string of the molecule is C[C@H]1CCc2cc(NC(=O)c3ccccc3)sc2C1. The quantitative estimate of drug-likeness (QED) is 0.874. The van der Waals surface area contributed by atoms with E-state index in [4.69, 9.17) is 0 Å². The van der Waals surface area contributed by atoms with Gasteiger partial charge in [0.2, 0.25) is 0 Å². The van der Waals surface area contributed by atoms with Crippen LogP contribution >= 0.6 is 11.3 Å². The van der Waals surface area contributed by atoms with E-state index in [1.54, 1.807) is 11.3 Å². The largest absolute Gasteiger partial charge is 0.314 e. The van der Waals surface area contributed by atoms with Gasteiger partial charge in [0.25, 0.3) is 5.91 Å². The third-order valence-corrected chi connectivity index (χ3v) is 4.72. The highest BCUT2D eigenvalue weighted by molar-refractivity contribution is 7.16. The number of rotatable bonds is 2. The Hall–Kier alpha value is -1.61. The van der Waals surface area contributed by atoms with Crippen molar-refractivity contribution < 1.29 is 4.79 Å². The Labute approximate surface area is 117 Å². The molecule has 1 aliphatic carbocycles. The Morgan fingerprint density at radius 3 is 2.89 bits per heavy atom. The van der Waals surface area contributed by atoms with Crippen LogP contribution < -0.4 is 5.32 Å². The molecule has 3 heteroatoms. The minimum absolute atomic E-state index is 0.0211. The summed E-state index contributed by atoms with van der Waals surface area (Å²) < 4.78 is 0. The van der Waals surface area contributed by atoms with Crippen LogP contribution in [0.5, 0.6) is 0 Å². The highest BCUT2D eigenvalue weighted by Gasteiger charge is 2.19. The number of nitrogens with one attached hydrogen (secondary N) is 1. The molecule has 1 amide bonds. The van der Waals surface area contributed by atoms with Crippen molar-refractivity contribution >= 4 is 22.2 Å². The van der Waals surface area contributed by atoms with Crippen molar-refractivity contribution in [2.24, 2.45) is 5.92 Å². The zero-order valence-electron chi connectivity index (χ0n) is 11.0. The summed E-state index contributed by atoms with van der Waals surface area (Å²) >= 11 is 1.73. The number of carbonyl (C=O) groups is 1. The molecule has 0 bridgehead atoms. The molecule has 1 aromatic carbocycles. The third kappa shape index (κ3) is 2.71. The van der Waals surface area contributed by atoms with Gasteiger partial charge in [0.05, 0.1) is 5.00 Å². The molecule has 0 fully saturated rings.